The SMILES string of the molecule is CC(=O)O.CS(=O)(=O)c1ccc(S(=O)(=O)Nc2cccc(COCCOCCCCCCNC[C@H](O)c3ccc(O)c(CO)c3)c2)cc1. The largest absolute Gasteiger partial charge is 0.508 e. The summed E-state index contributed by atoms with van der Waals surface area (Å²) in [5, 5.41) is 39.8. The Morgan fingerprint density at radius 2 is 1.50 bits per heavy atom. The van der Waals surface area contributed by atoms with E-state index in [0.29, 0.717) is 49.8 Å². The van der Waals surface area contributed by atoms with E-state index < -0.39 is 31.9 Å². The molecule has 1 atom stereocenters. The topological polar surface area (TPSA) is 209 Å². The normalized spacial score (nSPS) is 12.2. The van der Waals surface area contributed by atoms with Crippen LogP contribution in [0.2, 0.25) is 0 Å². The van der Waals surface area contributed by atoms with E-state index in [1.165, 1.54) is 30.3 Å². The number of aliphatic carboxylic acids is 1. The molecule has 0 bridgehead atoms. The number of hydrogen-bond donors (Lipinski definition) is 6. The minimum Gasteiger partial charge on any atom is -0.508 e. The van der Waals surface area contributed by atoms with Crippen molar-refractivity contribution in [3.8, 4) is 5.75 Å². The third-order valence-electron chi connectivity index (χ3n) is 6.77. The molecule has 3 rings (SSSR count). The molecule has 0 heterocycles. The number of carbonyl (C=O) groups is 1. The minimum atomic E-state index is -3.89. The summed E-state index contributed by atoms with van der Waals surface area (Å²) >= 11 is 0. The van der Waals surface area contributed by atoms with Gasteiger partial charge in [-0.2, -0.15) is 0 Å². The molecular weight excluding hydrogens is 665 g/mol. The van der Waals surface area contributed by atoms with E-state index in [4.69, 9.17) is 19.4 Å². The van der Waals surface area contributed by atoms with Gasteiger partial charge in [-0.05, 0) is 79.0 Å². The van der Waals surface area contributed by atoms with Crippen LogP contribution in [-0.2, 0) is 47.3 Å². The monoisotopic (exact) mass is 710 g/mol. The van der Waals surface area contributed by atoms with Crippen LogP contribution < -0.4 is 10.0 Å². The number of unbranched alkanes of at least 4 members (excludes halogenated alkanes) is 3. The van der Waals surface area contributed by atoms with Gasteiger partial charge >= 0.3 is 0 Å². The van der Waals surface area contributed by atoms with E-state index >= 15 is 0 Å². The van der Waals surface area contributed by atoms with E-state index in [1.54, 1.807) is 30.3 Å². The number of sulfonamides is 1. The summed E-state index contributed by atoms with van der Waals surface area (Å²) in [6.07, 6.45) is 4.30. The van der Waals surface area contributed by atoms with Crippen molar-refractivity contribution < 1.29 is 51.5 Å². The maximum atomic E-state index is 12.7. The lowest BCUT2D eigenvalue weighted by molar-refractivity contribution is -0.134. The number of carboxylic acids is 1. The van der Waals surface area contributed by atoms with Crippen molar-refractivity contribution in [3.05, 3.63) is 83.4 Å². The third-order valence-corrected chi connectivity index (χ3v) is 9.30. The molecule has 3 aromatic carbocycles. The molecule has 0 aliphatic rings. The number of ether oxygens (including phenoxy) is 2. The quantitative estimate of drug-likeness (QED) is 0.0930. The standard InChI is InChI=1S/C31H42N2O9S2.C2H4O2/c1-43(37,38)28-10-12-29(13-11-28)44(39,40)33-27-8-6-7-24(19-27)23-42-18-17-41-16-5-3-2-4-15-32-21-31(36)25-9-14-30(35)26(20-25)22-34;1-2(3)4/h6-14,19-20,31-36H,2-5,15-18,21-23H2,1H3;1H3,(H,3,4)/t31-;/m0./s1. The first-order valence-corrected chi connectivity index (χ1v) is 18.7. The summed E-state index contributed by atoms with van der Waals surface area (Å²) in [4.78, 5) is 9.00. The van der Waals surface area contributed by atoms with E-state index in [2.05, 4.69) is 10.0 Å². The highest BCUT2D eigenvalue weighted by Gasteiger charge is 2.16. The number of phenols is 1. The van der Waals surface area contributed by atoms with Crippen molar-refractivity contribution in [2.45, 2.75) is 61.7 Å². The number of aliphatic hydroxyl groups is 2. The molecule has 0 fully saturated rings. The molecule has 266 valence electrons. The molecule has 3 aromatic rings. The summed E-state index contributed by atoms with van der Waals surface area (Å²) in [6, 6.07) is 16.6. The second-order valence-corrected chi connectivity index (χ2v) is 14.6. The fourth-order valence-electron chi connectivity index (χ4n) is 4.32. The minimum absolute atomic E-state index is 0.0141. The number of rotatable bonds is 20. The van der Waals surface area contributed by atoms with Gasteiger partial charge in [-0.3, -0.25) is 9.52 Å². The van der Waals surface area contributed by atoms with E-state index in [9.17, 15) is 32.2 Å². The first-order valence-electron chi connectivity index (χ1n) is 15.3. The second-order valence-electron chi connectivity index (χ2n) is 10.9. The zero-order valence-corrected chi connectivity index (χ0v) is 28.8. The highest BCUT2D eigenvalue weighted by molar-refractivity contribution is 7.92. The van der Waals surface area contributed by atoms with Crippen LogP contribution in [-0.4, -0.2) is 82.4 Å². The average Bonchev–Trinajstić information content (AvgIpc) is 3.02. The van der Waals surface area contributed by atoms with Crippen molar-refractivity contribution >= 4 is 31.5 Å². The predicted octanol–water partition coefficient (Wildman–Crippen LogP) is 3.60. The van der Waals surface area contributed by atoms with Crippen LogP contribution >= 0.6 is 0 Å². The van der Waals surface area contributed by atoms with Gasteiger partial charge in [0.05, 0.1) is 42.3 Å². The van der Waals surface area contributed by atoms with Gasteiger partial charge in [-0.25, -0.2) is 16.8 Å². The number of aromatic hydroxyl groups is 1. The number of benzene rings is 3. The van der Waals surface area contributed by atoms with Crippen molar-refractivity contribution in [1.82, 2.24) is 5.32 Å². The average molecular weight is 711 g/mol. The Kier molecular flexibility index (Phi) is 17.5. The van der Waals surface area contributed by atoms with E-state index in [-0.39, 0.29) is 22.1 Å². The first kappa shape index (κ1) is 40.6. The summed E-state index contributed by atoms with van der Waals surface area (Å²) in [7, 11) is -7.31. The molecule has 0 amide bonds. The number of nitrogens with one attached hydrogen (secondary N) is 2. The van der Waals surface area contributed by atoms with Crippen molar-refractivity contribution in [1.29, 1.82) is 0 Å². The maximum absolute atomic E-state index is 12.7. The molecule has 0 aliphatic carbocycles. The van der Waals surface area contributed by atoms with Crippen LogP contribution in [0.4, 0.5) is 5.69 Å². The van der Waals surface area contributed by atoms with Crippen LogP contribution in [0, 0.1) is 0 Å². The Morgan fingerprint density at radius 1 is 0.854 bits per heavy atom. The Morgan fingerprint density at radius 3 is 2.17 bits per heavy atom. The van der Waals surface area contributed by atoms with Crippen molar-refractivity contribution in [2.75, 3.05) is 43.9 Å². The molecule has 0 aromatic heterocycles. The zero-order chi connectivity index (χ0) is 35.6. The van der Waals surface area contributed by atoms with Gasteiger partial charge in [-0.15, -0.1) is 0 Å². The smallest absolute Gasteiger partial charge is 0.300 e. The van der Waals surface area contributed by atoms with Crippen LogP contribution in [0.5, 0.6) is 5.75 Å². The van der Waals surface area contributed by atoms with Crippen LogP contribution in [0.1, 0.15) is 55.4 Å². The van der Waals surface area contributed by atoms with Gasteiger partial charge in [0, 0.05) is 37.6 Å². The molecule has 6 N–H and O–H groups in total. The Balaban J connectivity index is 0.00000189. The lowest BCUT2D eigenvalue weighted by Gasteiger charge is -2.14. The van der Waals surface area contributed by atoms with Gasteiger partial charge < -0.3 is 35.2 Å². The molecule has 0 saturated heterocycles. The predicted molar refractivity (Wildman–Crippen MR) is 181 cm³/mol. The molecule has 13 nitrogen and oxygen atoms in total. The summed E-state index contributed by atoms with van der Waals surface area (Å²) < 4.78 is 62.5. The number of aliphatic hydroxyl groups excluding tert-OH is 2. The van der Waals surface area contributed by atoms with E-state index in [0.717, 1.165) is 51.0 Å². The van der Waals surface area contributed by atoms with Crippen LogP contribution in [0.25, 0.3) is 0 Å². The number of sulfone groups is 1. The van der Waals surface area contributed by atoms with Gasteiger partial charge in [0.15, 0.2) is 9.84 Å². The molecule has 0 saturated carbocycles. The van der Waals surface area contributed by atoms with E-state index in [1.807, 2.05) is 6.07 Å². The van der Waals surface area contributed by atoms with Crippen LogP contribution in [0.3, 0.4) is 0 Å². The fourth-order valence-corrected chi connectivity index (χ4v) is 6.00. The molecule has 48 heavy (non-hydrogen) atoms. The summed E-state index contributed by atoms with van der Waals surface area (Å²) in [5.74, 6) is -0.819. The van der Waals surface area contributed by atoms with Gasteiger partial charge in [-0.1, -0.05) is 31.0 Å². The van der Waals surface area contributed by atoms with Crippen molar-refractivity contribution in [3.63, 3.8) is 0 Å². The summed E-state index contributed by atoms with van der Waals surface area (Å²) in [6.45, 7) is 3.74. The first-order chi connectivity index (χ1) is 22.7. The van der Waals surface area contributed by atoms with Gasteiger partial charge in [0.2, 0.25) is 0 Å². The Hall–Kier alpha value is -3.57. The van der Waals surface area contributed by atoms with Gasteiger partial charge in [0.25, 0.3) is 16.0 Å². The summed E-state index contributed by atoms with van der Waals surface area (Å²) in [5.41, 5.74) is 2.20. The van der Waals surface area contributed by atoms with Crippen LogP contribution in [0.15, 0.2) is 76.5 Å². The Bertz CT molecular complexity index is 1630. The highest BCUT2D eigenvalue weighted by atomic mass is 32.2. The number of carboxylic acid groups (broad SMARTS) is 1. The number of hydrogen-bond acceptors (Lipinski definition) is 11. The second kappa shape index (κ2) is 20.7. The van der Waals surface area contributed by atoms with Crippen molar-refractivity contribution in [2.24, 2.45) is 0 Å². The van der Waals surface area contributed by atoms with Gasteiger partial charge in [0.1, 0.15) is 5.75 Å². The molecule has 0 unspecified atom stereocenters. The Labute approximate surface area is 282 Å². The zero-order valence-electron chi connectivity index (χ0n) is 27.2. The lowest BCUT2D eigenvalue weighted by atomic mass is 10.1. The molecule has 0 radical (unpaired) electrons. The molecule has 0 aliphatic heterocycles. The fraction of sp³-hybridized carbons (Fsp3) is 0.424. The highest BCUT2D eigenvalue weighted by Crippen LogP contribution is 2.22. The number of anilines is 1. The molecule has 15 heteroatoms. The molecule has 0 spiro atoms. The molecular formula is C33H46N2O11S2. The lowest BCUT2D eigenvalue weighted by Crippen LogP contribution is -2.22. The third kappa shape index (κ3) is 15.6. The maximum Gasteiger partial charge on any atom is 0.300 e.